The maximum Gasteiger partial charge on any atom is 0.191 e. The number of hydrogen-bond acceptors (Lipinski definition) is 5. The standard InChI is InChI=1S/C19H30N6OS.HI/c1-15-11-23-25(13-15)7-6-21-19(20-3)22-12-17(18-5-4-10-27-18)24-8-9-26-16(2)14-24;/h4-5,10-11,13,16-17H,6-9,12,14H2,1-3H3,(H2,20,21,22);1H. The first kappa shape index (κ1) is 23.1. The third-order valence-corrected chi connectivity index (χ3v) is 5.64. The summed E-state index contributed by atoms with van der Waals surface area (Å²) in [7, 11) is 1.81. The van der Waals surface area contributed by atoms with Crippen LogP contribution in [0.4, 0.5) is 0 Å². The second kappa shape index (κ2) is 11.7. The summed E-state index contributed by atoms with van der Waals surface area (Å²) in [6.07, 6.45) is 4.20. The zero-order chi connectivity index (χ0) is 19.1. The maximum atomic E-state index is 5.72. The van der Waals surface area contributed by atoms with Gasteiger partial charge in [-0.15, -0.1) is 35.3 Å². The molecular formula is C19H31IN6OS. The van der Waals surface area contributed by atoms with E-state index in [4.69, 9.17) is 4.74 Å². The first-order valence-corrected chi connectivity index (χ1v) is 10.4. The topological polar surface area (TPSA) is 66.7 Å². The fraction of sp³-hybridized carbons (Fsp3) is 0.579. The number of morpholine rings is 1. The molecule has 1 fully saturated rings. The lowest BCUT2D eigenvalue weighted by Crippen LogP contribution is -2.48. The number of aryl methyl sites for hydroxylation is 1. The van der Waals surface area contributed by atoms with Crippen LogP contribution in [-0.2, 0) is 11.3 Å². The quantitative estimate of drug-likeness (QED) is 0.335. The van der Waals surface area contributed by atoms with Crippen LogP contribution in [0.3, 0.4) is 0 Å². The van der Waals surface area contributed by atoms with Gasteiger partial charge in [-0.1, -0.05) is 6.07 Å². The van der Waals surface area contributed by atoms with Crippen molar-refractivity contribution in [2.45, 2.75) is 32.5 Å². The molecule has 9 heteroatoms. The number of aliphatic imine (C=N–C) groups is 1. The summed E-state index contributed by atoms with van der Waals surface area (Å²) in [5, 5.41) is 13.3. The van der Waals surface area contributed by atoms with Gasteiger partial charge in [0.1, 0.15) is 0 Å². The van der Waals surface area contributed by atoms with Gasteiger partial charge in [0, 0.05) is 44.3 Å². The van der Waals surface area contributed by atoms with Crippen molar-refractivity contribution in [3.8, 4) is 0 Å². The highest BCUT2D eigenvalue weighted by molar-refractivity contribution is 14.0. The van der Waals surface area contributed by atoms with Crippen LogP contribution in [0, 0.1) is 6.92 Å². The van der Waals surface area contributed by atoms with E-state index in [1.165, 1.54) is 10.4 Å². The molecular weight excluding hydrogens is 487 g/mol. The Morgan fingerprint density at radius 1 is 1.46 bits per heavy atom. The summed E-state index contributed by atoms with van der Waals surface area (Å²) in [5.41, 5.74) is 1.18. The molecule has 0 bridgehead atoms. The molecule has 3 rings (SSSR count). The Balaban J connectivity index is 0.00000280. The number of aromatic nitrogens is 2. The molecule has 28 heavy (non-hydrogen) atoms. The van der Waals surface area contributed by atoms with Gasteiger partial charge < -0.3 is 15.4 Å². The molecule has 2 unspecified atom stereocenters. The van der Waals surface area contributed by atoms with E-state index in [9.17, 15) is 0 Å². The molecule has 156 valence electrons. The zero-order valence-corrected chi connectivity index (χ0v) is 19.9. The lowest BCUT2D eigenvalue weighted by Gasteiger charge is -2.37. The molecule has 1 saturated heterocycles. The number of guanidine groups is 1. The molecule has 2 aromatic heterocycles. The third kappa shape index (κ3) is 6.71. The predicted octanol–water partition coefficient (Wildman–Crippen LogP) is 2.50. The van der Waals surface area contributed by atoms with Crippen LogP contribution in [0.2, 0.25) is 0 Å². The molecule has 0 radical (unpaired) electrons. The van der Waals surface area contributed by atoms with Gasteiger partial charge in [-0.3, -0.25) is 14.6 Å². The van der Waals surface area contributed by atoms with Crippen molar-refractivity contribution in [3.63, 3.8) is 0 Å². The number of nitrogens with one attached hydrogen (secondary N) is 2. The molecule has 0 saturated carbocycles. The number of thiophene rings is 1. The summed E-state index contributed by atoms with van der Waals surface area (Å²) < 4.78 is 7.66. The van der Waals surface area contributed by atoms with Crippen LogP contribution in [0.15, 0.2) is 34.9 Å². The Kier molecular flexibility index (Phi) is 9.69. The van der Waals surface area contributed by atoms with Crippen molar-refractivity contribution in [2.75, 3.05) is 39.8 Å². The van der Waals surface area contributed by atoms with E-state index in [-0.39, 0.29) is 30.1 Å². The lowest BCUT2D eigenvalue weighted by molar-refractivity contribution is -0.0334. The van der Waals surface area contributed by atoms with Gasteiger partial charge in [0.2, 0.25) is 0 Å². The molecule has 1 aliphatic heterocycles. The highest BCUT2D eigenvalue weighted by atomic mass is 127. The molecule has 1 aliphatic rings. The van der Waals surface area contributed by atoms with E-state index in [0.717, 1.165) is 45.3 Å². The average Bonchev–Trinajstić information content (AvgIpc) is 3.32. The highest BCUT2D eigenvalue weighted by Crippen LogP contribution is 2.26. The molecule has 7 nitrogen and oxygen atoms in total. The van der Waals surface area contributed by atoms with Gasteiger partial charge in [0.25, 0.3) is 0 Å². The SMILES string of the molecule is CN=C(NCCn1cc(C)cn1)NCC(c1cccs1)N1CCOC(C)C1.I. The van der Waals surface area contributed by atoms with Crippen molar-refractivity contribution in [2.24, 2.45) is 4.99 Å². The van der Waals surface area contributed by atoms with Gasteiger partial charge in [0.15, 0.2) is 5.96 Å². The fourth-order valence-electron chi connectivity index (χ4n) is 3.31. The van der Waals surface area contributed by atoms with Crippen molar-refractivity contribution in [1.82, 2.24) is 25.3 Å². The van der Waals surface area contributed by atoms with Crippen LogP contribution in [-0.4, -0.2) is 66.6 Å². The number of halogens is 1. The minimum Gasteiger partial charge on any atom is -0.376 e. The molecule has 2 N–H and O–H groups in total. The smallest absolute Gasteiger partial charge is 0.191 e. The van der Waals surface area contributed by atoms with Crippen molar-refractivity contribution < 1.29 is 4.74 Å². The maximum absolute atomic E-state index is 5.72. The van der Waals surface area contributed by atoms with Crippen LogP contribution in [0.25, 0.3) is 0 Å². The molecule has 2 aromatic rings. The molecule has 0 aromatic carbocycles. The van der Waals surface area contributed by atoms with Crippen molar-refractivity contribution in [1.29, 1.82) is 0 Å². The Hall–Kier alpha value is -1.17. The first-order chi connectivity index (χ1) is 13.2. The van der Waals surface area contributed by atoms with Crippen LogP contribution in [0.5, 0.6) is 0 Å². The minimum absolute atomic E-state index is 0. The van der Waals surface area contributed by atoms with E-state index in [1.54, 1.807) is 0 Å². The minimum atomic E-state index is 0. The Bertz CT molecular complexity index is 720. The Labute approximate surface area is 188 Å². The molecule has 3 heterocycles. The van der Waals surface area contributed by atoms with Crippen LogP contribution >= 0.6 is 35.3 Å². The summed E-state index contributed by atoms with van der Waals surface area (Å²) in [6.45, 7) is 9.29. The van der Waals surface area contributed by atoms with E-state index >= 15 is 0 Å². The predicted molar refractivity (Wildman–Crippen MR) is 126 cm³/mol. The summed E-state index contributed by atoms with van der Waals surface area (Å²) in [4.78, 5) is 8.24. The highest BCUT2D eigenvalue weighted by Gasteiger charge is 2.26. The number of rotatable bonds is 7. The summed E-state index contributed by atoms with van der Waals surface area (Å²) in [6, 6.07) is 4.66. The van der Waals surface area contributed by atoms with E-state index in [0.29, 0.717) is 6.04 Å². The molecule has 0 aliphatic carbocycles. The van der Waals surface area contributed by atoms with Gasteiger partial charge >= 0.3 is 0 Å². The average molecular weight is 518 g/mol. The first-order valence-electron chi connectivity index (χ1n) is 9.48. The largest absolute Gasteiger partial charge is 0.376 e. The summed E-state index contributed by atoms with van der Waals surface area (Å²) >= 11 is 1.81. The van der Waals surface area contributed by atoms with E-state index < -0.39 is 0 Å². The van der Waals surface area contributed by atoms with Crippen LogP contribution < -0.4 is 10.6 Å². The fourth-order valence-corrected chi connectivity index (χ4v) is 4.17. The summed E-state index contributed by atoms with van der Waals surface area (Å²) in [5.74, 6) is 0.821. The van der Waals surface area contributed by atoms with Crippen molar-refractivity contribution in [3.05, 3.63) is 40.3 Å². The molecule has 2 atom stereocenters. The van der Waals surface area contributed by atoms with Gasteiger partial charge in [0.05, 0.1) is 31.5 Å². The second-order valence-electron chi connectivity index (χ2n) is 6.87. The number of ether oxygens (including phenoxy) is 1. The zero-order valence-electron chi connectivity index (χ0n) is 16.8. The van der Waals surface area contributed by atoms with Crippen LogP contribution in [0.1, 0.15) is 23.4 Å². The normalized spacial score (nSPS) is 19.1. The second-order valence-corrected chi connectivity index (χ2v) is 7.85. The Morgan fingerprint density at radius 2 is 2.32 bits per heavy atom. The number of nitrogens with zero attached hydrogens (tertiary/aromatic N) is 4. The van der Waals surface area contributed by atoms with E-state index in [2.05, 4.69) is 57.0 Å². The molecule has 0 spiro atoms. The Morgan fingerprint density at radius 3 is 2.96 bits per heavy atom. The molecule has 0 amide bonds. The monoisotopic (exact) mass is 518 g/mol. The lowest BCUT2D eigenvalue weighted by atomic mass is 10.1. The van der Waals surface area contributed by atoms with Gasteiger partial charge in [-0.2, -0.15) is 5.10 Å². The van der Waals surface area contributed by atoms with Crippen molar-refractivity contribution >= 4 is 41.3 Å². The van der Waals surface area contributed by atoms with Gasteiger partial charge in [-0.05, 0) is 30.9 Å². The van der Waals surface area contributed by atoms with E-state index in [1.807, 2.05) is 35.5 Å². The van der Waals surface area contributed by atoms with Gasteiger partial charge in [-0.25, -0.2) is 0 Å². The third-order valence-electron chi connectivity index (χ3n) is 4.67. The number of hydrogen-bond donors (Lipinski definition) is 2.